The van der Waals surface area contributed by atoms with Crippen molar-refractivity contribution in [3.05, 3.63) is 103 Å². The summed E-state index contributed by atoms with van der Waals surface area (Å²) in [4.78, 5) is 5.01. The van der Waals surface area contributed by atoms with E-state index in [1.165, 1.54) is 47.9 Å². The molecule has 0 saturated carbocycles. The van der Waals surface area contributed by atoms with Crippen LogP contribution in [0.1, 0.15) is 19.4 Å². The Labute approximate surface area is 205 Å². The van der Waals surface area contributed by atoms with Gasteiger partial charge < -0.3 is 4.74 Å². The third-order valence-electron chi connectivity index (χ3n) is 7.36. The fraction of sp³-hybridized carbons (Fsp3) is 0.156. The normalized spacial score (nSPS) is 16.0. The molecule has 0 spiro atoms. The van der Waals surface area contributed by atoms with Crippen LogP contribution < -0.4 is 0 Å². The molecule has 1 aromatic heterocycles. The van der Waals surface area contributed by atoms with Crippen LogP contribution >= 0.6 is 7.53 Å². The highest BCUT2D eigenvalue weighted by Gasteiger charge is 2.26. The molecule has 2 nitrogen and oxygen atoms in total. The minimum Gasteiger partial charge on any atom is -0.475 e. The van der Waals surface area contributed by atoms with E-state index in [0.717, 1.165) is 11.5 Å². The van der Waals surface area contributed by atoms with Gasteiger partial charge in [0.15, 0.2) is 0 Å². The minimum atomic E-state index is -0.746. The summed E-state index contributed by atoms with van der Waals surface area (Å²) in [6.07, 6.45) is 0. The smallest absolute Gasteiger partial charge is 0.217 e. The van der Waals surface area contributed by atoms with Gasteiger partial charge >= 0.3 is 0 Å². The van der Waals surface area contributed by atoms with Crippen LogP contribution in [0.25, 0.3) is 47.9 Å². The van der Waals surface area contributed by atoms with Gasteiger partial charge in [0, 0.05) is 31.9 Å². The Hall–Kier alpha value is -3.61. The summed E-state index contributed by atoms with van der Waals surface area (Å²) < 4.78 is 6.19. The molecule has 0 aliphatic carbocycles. The van der Waals surface area contributed by atoms with E-state index in [2.05, 4.69) is 111 Å². The molecule has 0 bridgehead atoms. The van der Waals surface area contributed by atoms with Gasteiger partial charge in [-0.2, -0.15) is 0 Å². The van der Waals surface area contributed by atoms with Crippen LogP contribution in [0.2, 0.25) is 0 Å². The molecule has 1 aliphatic rings. The second-order valence-electron chi connectivity index (χ2n) is 9.77. The first-order valence-corrected chi connectivity index (χ1v) is 13.7. The summed E-state index contributed by atoms with van der Waals surface area (Å²) in [7, 11) is -0.746. The number of rotatable bonds is 3. The second-order valence-corrected chi connectivity index (χ2v) is 11.9. The molecule has 0 amide bonds. The first kappa shape index (κ1) is 20.7. The number of benzene rings is 5. The fourth-order valence-corrected chi connectivity index (χ4v) is 8.32. The highest BCUT2D eigenvalue weighted by Crippen LogP contribution is 2.58. The summed E-state index contributed by atoms with van der Waals surface area (Å²) in [6, 6.07) is 35.9. The van der Waals surface area contributed by atoms with Crippen LogP contribution in [-0.4, -0.2) is 18.5 Å². The summed E-state index contributed by atoms with van der Waals surface area (Å²) >= 11 is 0. The zero-order chi connectivity index (χ0) is 23.5. The predicted octanol–water partition coefficient (Wildman–Crippen LogP) is 9.08. The van der Waals surface area contributed by atoms with Crippen molar-refractivity contribution in [3.8, 4) is 5.30 Å². The molecule has 35 heavy (non-hydrogen) atoms. The second kappa shape index (κ2) is 7.97. The van der Waals surface area contributed by atoms with Crippen molar-refractivity contribution in [3.63, 3.8) is 0 Å². The first-order valence-electron chi connectivity index (χ1n) is 12.3. The molecule has 7 rings (SSSR count). The monoisotopic (exact) mass is 471 g/mol. The lowest BCUT2D eigenvalue weighted by atomic mass is 10.00. The lowest BCUT2D eigenvalue weighted by molar-refractivity contribution is 0.292. The molecule has 2 heterocycles. The number of hydrogen-bond acceptors (Lipinski definition) is 2. The van der Waals surface area contributed by atoms with Gasteiger partial charge in [0.1, 0.15) is 6.61 Å². The van der Waals surface area contributed by atoms with Crippen molar-refractivity contribution in [2.24, 2.45) is 10.9 Å². The van der Waals surface area contributed by atoms with E-state index >= 15 is 0 Å². The van der Waals surface area contributed by atoms with Gasteiger partial charge in [-0.15, -0.1) is 0 Å². The van der Waals surface area contributed by atoms with Gasteiger partial charge in [-0.3, -0.25) is 0 Å². The summed E-state index contributed by atoms with van der Waals surface area (Å²) in [5.74, 6) is 1.27. The Balaban J connectivity index is 1.63. The standard InChI is InChI=1S/C32H26NOP/c1-20(2)26-19-34-32(33-26)25-13-7-8-14-27(25)35-28-17-15-21-9-3-5-11-23(21)30(28)31-24-12-6-4-10-22(24)16-18-29(31)35/h3-18,20,26H,19H2,1-2H3/t26-/m0/s1. The van der Waals surface area contributed by atoms with Crippen LogP contribution in [0.15, 0.2) is 102 Å². The Morgan fingerprint density at radius 1 is 0.714 bits per heavy atom. The SMILES string of the molecule is CC(C)[C@@H]1COC(c2ccccc2-p2c3ccc4ccccc4c3c3c4ccccc4ccc32)=N1. The van der Waals surface area contributed by atoms with Crippen molar-refractivity contribution in [1.82, 2.24) is 0 Å². The minimum absolute atomic E-state index is 0.224. The molecule has 5 aromatic carbocycles. The Morgan fingerprint density at radius 3 is 1.89 bits per heavy atom. The molecule has 0 unspecified atom stereocenters. The Morgan fingerprint density at radius 2 is 1.29 bits per heavy atom. The van der Waals surface area contributed by atoms with Gasteiger partial charge in [0.2, 0.25) is 5.90 Å². The van der Waals surface area contributed by atoms with E-state index in [-0.39, 0.29) is 6.04 Å². The fourth-order valence-electron chi connectivity index (χ4n) is 5.54. The largest absolute Gasteiger partial charge is 0.475 e. The van der Waals surface area contributed by atoms with E-state index in [9.17, 15) is 0 Å². The maximum Gasteiger partial charge on any atom is 0.217 e. The molecule has 6 aromatic rings. The van der Waals surface area contributed by atoms with E-state index in [1.54, 1.807) is 0 Å². The number of nitrogens with zero attached hydrogens (tertiary/aromatic N) is 1. The molecule has 0 fully saturated rings. The summed E-state index contributed by atoms with van der Waals surface area (Å²) in [5.41, 5.74) is 1.14. The number of hydrogen-bond donors (Lipinski definition) is 0. The van der Waals surface area contributed by atoms with Crippen molar-refractivity contribution in [2.45, 2.75) is 19.9 Å². The zero-order valence-electron chi connectivity index (χ0n) is 19.9. The van der Waals surface area contributed by atoms with Crippen LogP contribution in [0.3, 0.4) is 0 Å². The zero-order valence-corrected chi connectivity index (χ0v) is 20.8. The average Bonchev–Trinajstić information content (AvgIpc) is 3.52. The van der Waals surface area contributed by atoms with Crippen molar-refractivity contribution < 1.29 is 4.74 Å². The van der Waals surface area contributed by atoms with Gasteiger partial charge in [-0.1, -0.05) is 94.2 Å². The molecular formula is C32H26NOP. The molecule has 3 heteroatoms. The molecular weight excluding hydrogens is 445 g/mol. The summed E-state index contributed by atoms with van der Waals surface area (Å²) in [6.45, 7) is 5.11. The maximum atomic E-state index is 6.19. The van der Waals surface area contributed by atoms with E-state index in [0.29, 0.717) is 12.5 Å². The van der Waals surface area contributed by atoms with Gasteiger partial charge in [0.25, 0.3) is 0 Å². The molecule has 1 atom stereocenters. The molecule has 0 N–H and O–H groups in total. The lowest BCUT2D eigenvalue weighted by Crippen LogP contribution is -2.13. The quantitative estimate of drug-likeness (QED) is 0.252. The summed E-state index contributed by atoms with van der Waals surface area (Å²) in [5, 5.41) is 12.2. The third-order valence-corrected chi connectivity index (χ3v) is 9.95. The Kier molecular flexibility index (Phi) is 4.72. The highest BCUT2D eigenvalue weighted by molar-refractivity contribution is 7.68. The van der Waals surface area contributed by atoms with E-state index in [1.807, 2.05) is 0 Å². The van der Waals surface area contributed by atoms with Crippen molar-refractivity contribution >= 4 is 56.0 Å². The molecule has 1 aliphatic heterocycles. The molecule has 0 saturated heterocycles. The van der Waals surface area contributed by atoms with Gasteiger partial charge in [-0.05, 0) is 51.7 Å². The van der Waals surface area contributed by atoms with Crippen molar-refractivity contribution in [2.75, 3.05) is 6.61 Å². The van der Waals surface area contributed by atoms with Crippen LogP contribution in [0, 0.1) is 5.92 Å². The Bertz CT molecular complexity index is 1700. The van der Waals surface area contributed by atoms with E-state index in [4.69, 9.17) is 9.73 Å². The molecule has 170 valence electrons. The van der Waals surface area contributed by atoms with Crippen LogP contribution in [-0.2, 0) is 4.74 Å². The third kappa shape index (κ3) is 3.14. The van der Waals surface area contributed by atoms with E-state index < -0.39 is 7.53 Å². The van der Waals surface area contributed by atoms with Gasteiger partial charge in [-0.25, -0.2) is 4.99 Å². The molecule has 0 radical (unpaired) electrons. The van der Waals surface area contributed by atoms with Gasteiger partial charge in [0.05, 0.1) is 6.04 Å². The van der Waals surface area contributed by atoms with Crippen molar-refractivity contribution in [1.29, 1.82) is 0 Å². The van der Waals surface area contributed by atoms with Crippen LogP contribution in [0.5, 0.6) is 0 Å². The first-order chi connectivity index (χ1) is 17.2. The number of fused-ring (bicyclic) bond motifs is 7. The number of ether oxygens (including phenoxy) is 1. The maximum absolute atomic E-state index is 6.19. The average molecular weight is 472 g/mol. The predicted molar refractivity (Wildman–Crippen MR) is 152 cm³/mol. The topological polar surface area (TPSA) is 21.6 Å². The lowest BCUT2D eigenvalue weighted by Gasteiger charge is -2.11. The van der Waals surface area contributed by atoms with Crippen LogP contribution in [0.4, 0.5) is 0 Å². The number of aliphatic imine (C=N–C) groups is 1. The highest BCUT2D eigenvalue weighted by atomic mass is 31.1.